The van der Waals surface area contributed by atoms with Crippen molar-refractivity contribution in [2.24, 2.45) is 0 Å². The highest BCUT2D eigenvalue weighted by Gasteiger charge is 2.19. The molecule has 1 fully saturated rings. The van der Waals surface area contributed by atoms with Gasteiger partial charge in [0.15, 0.2) is 0 Å². The molecule has 2 rings (SSSR count). The summed E-state index contributed by atoms with van der Waals surface area (Å²) in [6.45, 7) is 3.39. The first kappa shape index (κ1) is 13.8. The molecule has 94 valence electrons. The van der Waals surface area contributed by atoms with Gasteiger partial charge in [-0.3, -0.25) is 4.79 Å². The first-order valence-corrected chi connectivity index (χ1v) is 5.43. The van der Waals surface area contributed by atoms with Crippen LogP contribution in [0.4, 0.5) is 0 Å². The third-order valence-corrected chi connectivity index (χ3v) is 2.90. The van der Waals surface area contributed by atoms with Crippen molar-refractivity contribution in [1.29, 1.82) is 0 Å². The Kier molecular flexibility index (Phi) is 4.78. The molecular weight excluding hydrogens is 240 g/mol. The van der Waals surface area contributed by atoms with E-state index in [0.717, 1.165) is 26.2 Å². The van der Waals surface area contributed by atoms with Crippen molar-refractivity contribution in [3.05, 3.63) is 29.8 Å². The van der Waals surface area contributed by atoms with Gasteiger partial charge in [-0.25, -0.2) is 0 Å². The SMILES string of the molecule is CN1CCN(C(=O)c2ccc(O)cc2)CC1.Cl. The molecule has 0 spiro atoms. The lowest BCUT2D eigenvalue weighted by molar-refractivity contribution is 0.0664. The topological polar surface area (TPSA) is 43.8 Å². The summed E-state index contributed by atoms with van der Waals surface area (Å²) in [4.78, 5) is 16.1. The van der Waals surface area contributed by atoms with Crippen molar-refractivity contribution < 1.29 is 9.90 Å². The number of amides is 1. The summed E-state index contributed by atoms with van der Waals surface area (Å²) in [7, 11) is 2.06. The van der Waals surface area contributed by atoms with E-state index >= 15 is 0 Å². The van der Waals surface area contributed by atoms with Crippen LogP contribution in [0.2, 0.25) is 0 Å². The highest BCUT2D eigenvalue weighted by Crippen LogP contribution is 2.12. The normalized spacial score (nSPS) is 16.4. The molecule has 1 amide bonds. The molecule has 0 unspecified atom stereocenters. The van der Waals surface area contributed by atoms with E-state index in [9.17, 15) is 4.79 Å². The number of aromatic hydroxyl groups is 1. The van der Waals surface area contributed by atoms with Crippen molar-refractivity contribution in [1.82, 2.24) is 9.80 Å². The van der Waals surface area contributed by atoms with Crippen molar-refractivity contribution >= 4 is 18.3 Å². The van der Waals surface area contributed by atoms with Crippen molar-refractivity contribution in [2.45, 2.75) is 0 Å². The lowest BCUT2D eigenvalue weighted by Gasteiger charge is -2.32. The monoisotopic (exact) mass is 256 g/mol. The molecule has 1 N–H and O–H groups in total. The van der Waals surface area contributed by atoms with Crippen LogP contribution in [0, 0.1) is 0 Å². The number of hydrogen-bond donors (Lipinski definition) is 1. The number of rotatable bonds is 1. The van der Waals surface area contributed by atoms with E-state index in [1.807, 2.05) is 4.90 Å². The minimum atomic E-state index is 0. The Morgan fingerprint density at radius 2 is 1.65 bits per heavy atom. The lowest BCUT2D eigenvalue weighted by Crippen LogP contribution is -2.47. The van der Waals surface area contributed by atoms with Gasteiger partial charge < -0.3 is 14.9 Å². The Labute approximate surface area is 107 Å². The Bertz CT molecular complexity index is 373. The van der Waals surface area contributed by atoms with Crippen LogP contribution in [0.25, 0.3) is 0 Å². The molecule has 0 aromatic heterocycles. The van der Waals surface area contributed by atoms with Crippen molar-refractivity contribution in [3.8, 4) is 5.75 Å². The molecule has 5 heteroatoms. The fourth-order valence-corrected chi connectivity index (χ4v) is 1.80. The number of phenols is 1. The lowest BCUT2D eigenvalue weighted by atomic mass is 10.2. The minimum Gasteiger partial charge on any atom is -0.508 e. The van der Waals surface area contributed by atoms with E-state index in [4.69, 9.17) is 5.11 Å². The molecular formula is C12H17ClN2O2. The van der Waals surface area contributed by atoms with Crippen LogP contribution in [0.1, 0.15) is 10.4 Å². The van der Waals surface area contributed by atoms with Gasteiger partial charge in [0.05, 0.1) is 0 Å². The molecule has 0 radical (unpaired) electrons. The number of nitrogens with zero attached hydrogens (tertiary/aromatic N) is 2. The number of phenolic OH excluding ortho intramolecular Hbond substituents is 1. The van der Waals surface area contributed by atoms with Gasteiger partial charge in [0.2, 0.25) is 0 Å². The van der Waals surface area contributed by atoms with Crippen LogP contribution < -0.4 is 0 Å². The molecule has 1 aliphatic heterocycles. The second-order valence-corrected chi connectivity index (χ2v) is 4.14. The second-order valence-electron chi connectivity index (χ2n) is 4.14. The minimum absolute atomic E-state index is 0. The molecule has 1 aromatic carbocycles. The van der Waals surface area contributed by atoms with Gasteiger partial charge in [-0.1, -0.05) is 0 Å². The fraction of sp³-hybridized carbons (Fsp3) is 0.417. The van der Waals surface area contributed by atoms with Crippen LogP contribution in [-0.2, 0) is 0 Å². The van der Waals surface area contributed by atoms with Crippen LogP contribution in [0.5, 0.6) is 5.75 Å². The van der Waals surface area contributed by atoms with E-state index in [1.165, 1.54) is 0 Å². The van der Waals surface area contributed by atoms with Gasteiger partial charge in [-0.05, 0) is 31.3 Å². The first-order valence-electron chi connectivity index (χ1n) is 5.43. The van der Waals surface area contributed by atoms with E-state index < -0.39 is 0 Å². The zero-order valence-electron chi connectivity index (χ0n) is 9.80. The number of carbonyl (C=O) groups is 1. The van der Waals surface area contributed by atoms with Gasteiger partial charge in [0, 0.05) is 31.7 Å². The summed E-state index contributed by atoms with van der Waals surface area (Å²) in [5.74, 6) is 0.239. The molecule has 17 heavy (non-hydrogen) atoms. The number of carbonyl (C=O) groups excluding carboxylic acids is 1. The van der Waals surface area contributed by atoms with E-state index in [1.54, 1.807) is 24.3 Å². The smallest absolute Gasteiger partial charge is 0.253 e. The molecule has 0 saturated carbocycles. The number of hydrogen-bond acceptors (Lipinski definition) is 3. The third-order valence-electron chi connectivity index (χ3n) is 2.90. The summed E-state index contributed by atoms with van der Waals surface area (Å²) in [6.07, 6.45) is 0. The highest BCUT2D eigenvalue weighted by atomic mass is 35.5. The predicted molar refractivity (Wildman–Crippen MR) is 68.8 cm³/mol. The predicted octanol–water partition coefficient (Wildman–Crippen LogP) is 1.20. The maximum atomic E-state index is 12.0. The van der Waals surface area contributed by atoms with Gasteiger partial charge in [0.1, 0.15) is 5.75 Å². The summed E-state index contributed by atoms with van der Waals surface area (Å²) >= 11 is 0. The molecule has 4 nitrogen and oxygen atoms in total. The Hall–Kier alpha value is -1.26. The van der Waals surface area contributed by atoms with Gasteiger partial charge >= 0.3 is 0 Å². The molecule has 0 atom stereocenters. The third kappa shape index (κ3) is 3.35. The summed E-state index contributed by atoms with van der Waals surface area (Å²) in [6, 6.07) is 6.42. The number of benzene rings is 1. The zero-order valence-corrected chi connectivity index (χ0v) is 10.6. The summed E-state index contributed by atoms with van der Waals surface area (Å²) in [5, 5.41) is 9.15. The molecule has 0 bridgehead atoms. The maximum Gasteiger partial charge on any atom is 0.253 e. The molecule has 0 aliphatic carbocycles. The largest absolute Gasteiger partial charge is 0.508 e. The van der Waals surface area contributed by atoms with E-state index in [-0.39, 0.29) is 24.1 Å². The maximum absolute atomic E-state index is 12.0. The van der Waals surface area contributed by atoms with E-state index in [0.29, 0.717) is 5.56 Å². The van der Waals surface area contributed by atoms with Crippen LogP contribution in [0.15, 0.2) is 24.3 Å². The van der Waals surface area contributed by atoms with Crippen LogP contribution in [-0.4, -0.2) is 54.0 Å². The first-order chi connectivity index (χ1) is 7.66. The van der Waals surface area contributed by atoms with Gasteiger partial charge in [0.25, 0.3) is 5.91 Å². The Morgan fingerprint density at radius 3 is 2.18 bits per heavy atom. The number of piperazine rings is 1. The molecule has 1 aromatic rings. The Balaban J connectivity index is 0.00000144. The Morgan fingerprint density at radius 1 is 1.12 bits per heavy atom. The second kappa shape index (κ2) is 5.89. The fourth-order valence-electron chi connectivity index (χ4n) is 1.80. The molecule has 1 saturated heterocycles. The summed E-state index contributed by atoms with van der Waals surface area (Å²) < 4.78 is 0. The highest BCUT2D eigenvalue weighted by molar-refractivity contribution is 5.94. The molecule has 1 aliphatic rings. The van der Waals surface area contributed by atoms with Crippen LogP contribution >= 0.6 is 12.4 Å². The van der Waals surface area contributed by atoms with Gasteiger partial charge in [-0.15, -0.1) is 12.4 Å². The average molecular weight is 257 g/mol. The number of halogens is 1. The van der Waals surface area contributed by atoms with Crippen LogP contribution in [0.3, 0.4) is 0 Å². The van der Waals surface area contributed by atoms with Crippen molar-refractivity contribution in [2.75, 3.05) is 33.2 Å². The number of likely N-dealkylation sites (N-methyl/N-ethyl adjacent to an activating group) is 1. The average Bonchev–Trinajstić information content (AvgIpc) is 2.30. The quantitative estimate of drug-likeness (QED) is 0.821. The summed E-state index contributed by atoms with van der Waals surface area (Å²) in [5.41, 5.74) is 0.641. The van der Waals surface area contributed by atoms with Crippen molar-refractivity contribution in [3.63, 3.8) is 0 Å². The zero-order chi connectivity index (χ0) is 11.5. The standard InChI is InChI=1S/C12H16N2O2.ClH/c1-13-6-8-14(9-7-13)12(16)10-2-4-11(15)5-3-10;/h2-5,15H,6-9H2,1H3;1H. The van der Waals surface area contributed by atoms with E-state index in [2.05, 4.69) is 11.9 Å². The molecule has 1 heterocycles. The van der Waals surface area contributed by atoms with Gasteiger partial charge in [-0.2, -0.15) is 0 Å².